The minimum Gasteiger partial charge on any atom is -0.298 e. The van der Waals surface area contributed by atoms with Crippen molar-refractivity contribution in [2.45, 2.75) is 6.18 Å². The minimum atomic E-state index is -4.43. The summed E-state index contributed by atoms with van der Waals surface area (Å²) in [7, 11) is 0. The molecule has 2 aromatic rings. The number of hydrogen-bond donors (Lipinski definition) is 2. The van der Waals surface area contributed by atoms with Crippen molar-refractivity contribution in [3.05, 3.63) is 51.2 Å². The molecule has 0 saturated carbocycles. The number of hydrazine groups is 1. The number of rotatable bonds is 3. The lowest BCUT2D eigenvalue weighted by atomic mass is 10.2. The summed E-state index contributed by atoms with van der Waals surface area (Å²) in [5.41, 5.74) is 4.07. The molecule has 0 radical (unpaired) electrons. The van der Waals surface area contributed by atoms with Crippen molar-refractivity contribution in [2.75, 3.05) is 5.43 Å². The number of carbonyl (C=O) groups is 1. The Kier molecular flexibility index (Phi) is 4.20. The fraction of sp³-hybridized carbons (Fsp3) is 0.0833. The van der Waals surface area contributed by atoms with Crippen LogP contribution in [-0.4, -0.2) is 5.91 Å². The van der Waals surface area contributed by atoms with Crippen molar-refractivity contribution in [3.8, 4) is 0 Å². The van der Waals surface area contributed by atoms with Crippen LogP contribution in [0.25, 0.3) is 0 Å². The average Bonchev–Trinajstić information content (AvgIpc) is 2.82. The molecule has 3 nitrogen and oxygen atoms in total. The van der Waals surface area contributed by atoms with Gasteiger partial charge in [-0.3, -0.25) is 15.6 Å². The highest BCUT2D eigenvalue weighted by atomic mass is 35.5. The lowest BCUT2D eigenvalue weighted by Crippen LogP contribution is -2.28. The molecular weight excluding hydrogens is 313 g/mol. The van der Waals surface area contributed by atoms with Gasteiger partial charge in [0.2, 0.25) is 0 Å². The van der Waals surface area contributed by atoms with Crippen LogP contribution in [0, 0.1) is 0 Å². The summed E-state index contributed by atoms with van der Waals surface area (Å²) in [5, 5.41) is 0. The number of halogens is 4. The third-order valence-electron chi connectivity index (χ3n) is 2.31. The number of amides is 1. The molecule has 8 heteroatoms. The molecule has 106 valence electrons. The van der Waals surface area contributed by atoms with Crippen LogP contribution in [-0.2, 0) is 6.18 Å². The van der Waals surface area contributed by atoms with Crippen LogP contribution in [0.2, 0.25) is 4.34 Å². The van der Waals surface area contributed by atoms with Crippen LogP contribution in [0.4, 0.5) is 18.9 Å². The molecule has 0 aliphatic heterocycles. The average molecular weight is 321 g/mol. The lowest BCUT2D eigenvalue weighted by molar-refractivity contribution is -0.137. The Morgan fingerprint density at radius 1 is 1.20 bits per heavy atom. The number of nitrogens with one attached hydrogen (secondary N) is 2. The third kappa shape index (κ3) is 3.64. The summed E-state index contributed by atoms with van der Waals surface area (Å²) in [5.74, 6) is -0.473. The first-order valence-electron chi connectivity index (χ1n) is 5.35. The third-order valence-corrected chi connectivity index (χ3v) is 3.54. The monoisotopic (exact) mass is 320 g/mol. The summed E-state index contributed by atoms with van der Waals surface area (Å²) in [4.78, 5) is 12.0. The van der Waals surface area contributed by atoms with Gasteiger partial charge in [0.15, 0.2) is 0 Å². The van der Waals surface area contributed by atoms with Crippen LogP contribution < -0.4 is 10.9 Å². The smallest absolute Gasteiger partial charge is 0.298 e. The molecule has 20 heavy (non-hydrogen) atoms. The van der Waals surface area contributed by atoms with Gasteiger partial charge in [-0.2, -0.15) is 13.2 Å². The molecule has 0 bridgehead atoms. The Hall–Kier alpha value is -1.73. The second kappa shape index (κ2) is 5.72. The number of anilines is 1. The molecule has 0 spiro atoms. The van der Waals surface area contributed by atoms with Gasteiger partial charge in [-0.05, 0) is 30.3 Å². The Morgan fingerprint density at radius 2 is 1.95 bits per heavy atom. The zero-order chi connectivity index (χ0) is 14.8. The number of hydrogen-bond acceptors (Lipinski definition) is 3. The van der Waals surface area contributed by atoms with E-state index in [0.717, 1.165) is 23.5 Å². The van der Waals surface area contributed by atoms with E-state index in [1.54, 1.807) is 6.07 Å². The molecule has 0 fully saturated rings. The van der Waals surface area contributed by atoms with Gasteiger partial charge in [0.25, 0.3) is 5.91 Å². The Morgan fingerprint density at radius 3 is 2.55 bits per heavy atom. The summed E-state index contributed by atoms with van der Waals surface area (Å²) in [6, 6.07) is 7.60. The van der Waals surface area contributed by atoms with Crippen LogP contribution >= 0.6 is 22.9 Å². The number of benzene rings is 1. The fourth-order valence-electron chi connectivity index (χ4n) is 1.40. The fourth-order valence-corrected chi connectivity index (χ4v) is 2.34. The van der Waals surface area contributed by atoms with Crippen molar-refractivity contribution in [1.82, 2.24) is 5.43 Å². The predicted molar refractivity (Wildman–Crippen MR) is 71.9 cm³/mol. The van der Waals surface area contributed by atoms with E-state index < -0.39 is 17.6 Å². The summed E-state index contributed by atoms with van der Waals surface area (Å²) in [6.07, 6.45) is -4.43. The SMILES string of the molecule is O=C(NNc1cccc(C(F)(F)F)c1)c1ccc(Cl)s1. The van der Waals surface area contributed by atoms with Gasteiger partial charge in [-0.15, -0.1) is 11.3 Å². The van der Waals surface area contributed by atoms with Crippen LogP contribution in [0.3, 0.4) is 0 Å². The van der Waals surface area contributed by atoms with E-state index in [0.29, 0.717) is 9.21 Å². The van der Waals surface area contributed by atoms with Gasteiger partial charge in [0, 0.05) is 0 Å². The predicted octanol–water partition coefficient (Wildman–Crippen LogP) is 4.18. The topological polar surface area (TPSA) is 41.1 Å². The normalized spacial score (nSPS) is 11.2. The van der Waals surface area contributed by atoms with E-state index in [-0.39, 0.29) is 5.69 Å². The van der Waals surface area contributed by atoms with Crippen LogP contribution in [0.15, 0.2) is 36.4 Å². The van der Waals surface area contributed by atoms with E-state index in [9.17, 15) is 18.0 Å². The Labute approximate surface area is 121 Å². The molecule has 0 aliphatic rings. The van der Waals surface area contributed by atoms with E-state index in [4.69, 9.17) is 11.6 Å². The summed E-state index contributed by atoms with van der Waals surface area (Å²) < 4.78 is 38.0. The largest absolute Gasteiger partial charge is 0.416 e. The summed E-state index contributed by atoms with van der Waals surface area (Å²) in [6.45, 7) is 0. The maximum atomic E-state index is 12.5. The highest BCUT2D eigenvalue weighted by molar-refractivity contribution is 7.18. The van der Waals surface area contributed by atoms with Crippen LogP contribution in [0.1, 0.15) is 15.2 Å². The van der Waals surface area contributed by atoms with E-state index in [1.165, 1.54) is 18.2 Å². The number of thiophene rings is 1. The second-order valence-corrected chi connectivity index (χ2v) is 5.48. The van der Waals surface area contributed by atoms with E-state index >= 15 is 0 Å². The minimum absolute atomic E-state index is 0.135. The summed E-state index contributed by atoms with van der Waals surface area (Å²) >= 11 is 6.76. The van der Waals surface area contributed by atoms with Gasteiger partial charge in [-0.1, -0.05) is 17.7 Å². The molecular formula is C12H8ClF3N2OS. The van der Waals surface area contributed by atoms with Crippen LogP contribution in [0.5, 0.6) is 0 Å². The first-order valence-corrected chi connectivity index (χ1v) is 6.54. The quantitative estimate of drug-likeness (QED) is 0.833. The van der Waals surface area contributed by atoms with Gasteiger partial charge in [0.1, 0.15) is 0 Å². The lowest BCUT2D eigenvalue weighted by Gasteiger charge is -2.11. The Bertz CT molecular complexity index is 627. The Balaban J connectivity index is 2.02. The standard InChI is InChI=1S/C12H8ClF3N2OS/c13-10-5-4-9(20-10)11(19)18-17-8-3-1-2-7(6-8)12(14,15)16/h1-6,17H,(H,18,19). The molecule has 1 aromatic carbocycles. The first-order chi connectivity index (χ1) is 9.36. The first kappa shape index (κ1) is 14.7. The molecule has 1 heterocycles. The molecule has 0 aliphatic carbocycles. The molecule has 1 amide bonds. The maximum absolute atomic E-state index is 12.5. The molecule has 0 saturated heterocycles. The zero-order valence-electron chi connectivity index (χ0n) is 9.79. The van der Waals surface area contributed by atoms with Crippen molar-refractivity contribution in [3.63, 3.8) is 0 Å². The highest BCUT2D eigenvalue weighted by Crippen LogP contribution is 2.30. The molecule has 0 unspecified atom stereocenters. The van der Waals surface area contributed by atoms with E-state index in [2.05, 4.69) is 10.9 Å². The van der Waals surface area contributed by atoms with Gasteiger partial charge in [-0.25, -0.2) is 0 Å². The van der Waals surface area contributed by atoms with Crippen molar-refractivity contribution in [1.29, 1.82) is 0 Å². The van der Waals surface area contributed by atoms with E-state index in [1.807, 2.05) is 0 Å². The number of alkyl halides is 3. The highest BCUT2D eigenvalue weighted by Gasteiger charge is 2.30. The maximum Gasteiger partial charge on any atom is 0.416 e. The number of carbonyl (C=O) groups excluding carboxylic acids is 1. The molecule has 1 aromatic heterocycles. The molecule has 0 atom stereocenters. The second-order valence-electron chi connectivity index (χ2n) is 3.76. The van der Waals surface area contributed by atoms with Gasteiger partial charge >= 0.3 is 6.18 Å². The van der Waals surface area contributed by atoms with Crippen molar-refractivity contribution < 1.29 is 18.0 Å². The van der Waals surface area contributed by atoms with Gasteiger partial charge < -0.3 is 0 Å². The zero-order valence-corrected chi connectivity index (χ0v) is 11.4. The van der Waals surface area contributed by atoms with Gasteiger partial charge in [0.05, 0.1) is 20.5 Å². The molecule has 2 N–H and O–H groups in total. The van der Waals surface area contributed by atoms with Crippen molar-refractivity contribution in [2.24, 2.45) is 0 Å². The molecule has 2 rings (SSSR count). The van der Waals surface area contributed by atoms with Crippen molar-refractivity contribution >= 4 is 34.5 Å².